The predicted molar refractivity (Wildman–Crippen MR) is 75.4 cm³/mol. The van der Waals surface area contributed by atoms with E-state index >= 15 is 0 Å². The van der Waals surface area contributed by atoms with Crippen LogP contribution in [0.3, 0.4) is 0 Å². The minimum Gasteiger partial charge on any atom is -0.391 e. The largest absolute Gasteiger partial charge is 0.391 e. The SMILES string of the molecule is CCCn1c(N)c(NC(C)(C)C(C)O)c(=O)[nH]c1=O. The number of hydrogen-bond acceptors (Lipinski definition) is 5. The summed E-state index contributed by atoms with van der Waals surface area (Å²) in [6.45, 7) is 7.42. The van der Waals surface area contributed by atoms with Gasteiger partial charge in [0.25, 0.3) is 5.56 Å². The maximum Gasteiger partial charge on any atom is 0.330 e. The van der Waals surface area contributed by atoms with Crippen molar-refractivity contribution >= 4 is 11.5 Å². The fourth-order valence-corrected chi connectivity index (χ4v) is 1.58. The van der Waals surface area contributed by atoms with Gasteiger partial charge in [-0.1, -0.05) is 6.92 Å². The van der Waals surface area contributed by atoms with E-state index in [1.165, 1.54) is 4.57 Å². The van der Waals surface area contributed by atoms with Crippen LogP contribution >= 0.6 is 0 Å². The molecule has 0 aliphatic heterocycles. The van der Waals surface area contributed by atoms with Crippen molar-refractivity contribution in [3.05, 3.63) is 20.8 Å². The normalized spacial score (nSPS) is 13.3. The molecule has 0 saturated heterocycles. The van der Waals surface area contributed by atoms with Crippen molar-refractivity contribution in [2.24, 2.45) is 0 Å². The molecule has 108 valence electrons. The van der Waals surface area contributed by atoms with Crippen molar-refractivity contribution in [1.82, 2.24) is 9.55 Å². The van der Waals surface area contributed by atoms with Crippen molar-refractivity contribution in [2.45, 2.75) is 52.3 Å². The van der Waals surface area contributed by atoms with E-state index in [-0.39, 0.29) is 11.5 Å². The van der Waals surface area contributed by atoms with Gasteiger partial charge in [0.05, 0.1) is 11.6 Å². The monoisotopic (exact) mass is 270 g/mol. The second-order valence-electron chi connectivity index (χ2n) is 5.19. The average Bonchev–Trinajstić information content (AvgIpc) is 2.30. The highest BCUT2D eigenvalue weighted by molar-refractivity contribution is 5.61. The Morgan fingerprint density at radius 2 is 2.05 bits per heavy atom. The molecular weight excluding hydrogens is 248 g/mol. The number of nitrogens with zero attached hydrogens (tertiary/aromatic N) is 1. The third kappa shape index (κ3) is 3.17. The van der Waals surface area contributed by atoms with Crippen LogP contribution in [-0.4, -0.2) is 26.3 Å². The average molecular weight is 270 g/mol. The zero-order valence-electron chi connectivity index (χ0n) is 11.8. The third-order valence-electron chi connectivity index (χ3n) is 3.18. The minimum atomic E-state index is -0.741. The number of aromatic nitrogens is 2. The molecule has 0 saturated carbocycles. The number of aromatic amines is 1. The van der Waals surface area contributed by atoms with Gasteiger partial charge in [-0.3, -0.25) is 14.3 Å². The quantitative estimate of drug-likeness (QED) is 0.606. The van der Waals surface area contributed by atoms with Crippen molar-refractivity contribution in [3.63, 3.8) is 0 Å². The van der Waals surface area contributed by atoms with E-state index in [1.807, 2.05) is 6.92 Å². The summed E-state index contributed by atoms with van der Waals surface area (Å²) in [5.41, 5.74) is 4.14. The van der Waals surface area contributed by atoms with E-state index in [2.05, 4.69) is 10.3 Å². The van der Waals surface area contributed by atoms with Crippen LogP contribution in [0.5, 0.6) is 0 Å². The van der Waals surface area contributed by atoms with Gasteiger partial charge in [-0.05, 0) is 27.2 Å². The Bertz CT molecular complexity index is 557. The Kier molecular flexibility index (Phi) is 4.41. The van der Waals surface area contributed by atoms with E-state index < -0.39 is 22.9 Å². The summed E-state index contributed by atoms with van der Waals surface area (Å²) in [5, 5.41) is 12.6. The van der Waals surface area contributed by atoms with Crippen LogP contribution in [0.1, 0.15) is 34.1 Å². The number of hydrogen-bond donors (Lipinski definition) is 4. The maximum atomic E-state index is 11.8. The maximum absolute atomic E-state index is 11.8. The molecule has 0 aromatic carbocycles. The lowest BCUT2D eigenvalue weighted by molar-refractivity contribution is 0.133. The van der Waals surface area contributed by atoms with Crippen LogP contribution < -0.4 is 22.3 Å². The molecule has 1 rings (SSSR count). The van der Waals surface area contributed by atoms with Crippen LogP contribution in [-0.2, 0) is 6.54 Å². The smallest absolute Gasteiger partial charge is 0.330 e. The van der Waals surface area contributed by atoms with Gasteiger partial charge in [0.1, 0.15) is 11.5 Å². The first kappa shape index (κ1) is 15.3. The molecule has 19 heavy (non-hydrogen) atoms. The molecular formula is C12H22N4O3. The summed E-state index contributed by atoms with van der Waals surface area (Å²) in [6.07, 6.45) is 0.0212. The van der Waals surface area contributed by atoms with Crippen molar-refractivity contribution in [3.8, 4) is 0 Å². The molecule has 0 amide bonds. The lowest BCUT2D eigenvalue weighted by Crippen LogP contribution is -2.45. The molecule has 1 heterocycles. The van der Waals surface area contributed by atoms with E-state index in [4.69, 9.17) is 5.73 Å². The first-order valence-corrected chi connectivity index (χ1v) is 6.29. The first-order chi connectivity index (χ1) is 8.70. The van der Waals surface area contributed by atoms with Crippen molar-refractivity contribution in [2.75, 3.05) is 11.1 Å². The van der Waals surface area contributed by atoms with Gasteiger partial charge in [0.2, 0.25) is 0 Å². The molecule has 1 aromatic rings. The van der Waals surface area contributed by atoms with Gasteiger partial charge in [-0.2, -0.15) is 0 Å². The summed E-state index contributed by atoms with van der Waals surface area (Å²) in [7, 11) is 0. The fourth-order valence-electron chi connectivity index (χ4n) is 1.58. The van der Waals surface area contributed by atoms with E-state index in [0.29, 0.717) is 6.54 Å². The molecule has 0 fully saturated rings. The zero-order valence-corrected chi connectivity index (χ0v) is 11.8. The molecule has 1 atom stereocenters. The number of nitrogens with two attached hydrogens (primary N) is 1. The van der Waals surface area contributed by atoms with Gasteiger partial charge in [-0.15, -0.1) is 0 Å². The van der Waals surface area contributed by atoms with E-state index in [1.54, 1.807) is 20.8 Å². The summed E-state index contributed by atoms with van der Waals surface area (Å²) in [5.74, 6) is 0.0873. The number of aliphatic hydroxyl groups excluding tert-OH is 1. The Balaban J connectivity index is 3.33. The lowest BCUT2D eigenvalue weighted by atomic mass is 9.98. The summed E-state index contributed by atoms with van der Waals surface area (Å²) < 4.78 is 1.31. The molecule has 0 radical (unpaired) electrons. The Labute approximate surface area is 111 Å². The van der Waals surface area contributed by atoms with Crippen LogP contribution in [0.15, 0.2) is 9.59 Å². The summed E-state index contributed by atoms with van der Waals surface area (Å²) >= 11 is 0. The summed E-state index contributed by atoms with van der Waals surface area (Å²) in [4.78, 5) is 25.7. The molecule has 7 heteroatoms. The second-order valence-corrected chi connectivity index (χ2v) is 5.19. The second kappa shape index (κ2) is 5.48. The molecule has 7 nitrogen and oxygen atoms in total. The predicted octanol–water partition coefficient (Wildman–Crippen LogP) is 0.100. The van der Waals surface area contributed by atoms with Gasteiger partial charge < -0.3 is 16.2 Å². The highest BCUT2D eigenvalue weighted by atomic mass is 16.3. The molecule has 1 aromatic heterocycles. The number of rotatable bonds is 5. The van der Waals surface area contributed by atoms with Gasteiger partial charge in [0.15, 0.2) is 0 Å². The highest BCUT2D eigenvalue weighted by Crippen LogP contribution is 2.19. The molecule has 0 aliphatic rings. The van der Waals surface area contributed by atoms with Crippen LogP contribution in [0.2, 0.25) is 0 Å². The number of H-pyrrole nitrogens is 1. The minimum absolute atomic E-state index is 0.0873. The van der Waals surface area contributed by atoms with Gasteiger partial charge in [0, 0.05) is 6.54 Å². The fraction of sp³-hybridized carbons (Fsp3) is 0.667. The van der Waals surface area contributed by atoms with Gasteiger partial charge >= 0.3 is 5.69 Å². The van der Waals surface area contributed by atoms with E-state index in [9.17, 15) is 14.7 Å². The Morgan fingerprint density at radius 3 is 2.53 bits per heavy atom. The highest BCUT2D eigenvalue weighted by Gasteiger charge is 2.26. The molecule has 0 aliphatic carbocycles. The van der Waals surface area contributed by atoms with Crippen LogP contribution in [0, 0.1) is 0 Å². The van der Waals surface area contributed by atoms with Crippen molar-refractivity contribution in [1.29, 1.82) is 0 Å². The Hall–Kier alpha value is -1.76. The van der Waals surface area contributed by atoms with E-state index in [0.717, 1.165) is 6.42 Å². The number of nitrogens with one attached hydrogen (secondary N) is 2. The van der Waals surface area contributed by atoms with Crippen molar-refractivity contribution < 1.29 is 5.11 Å². The van der Waals surface area contributed by atoms with Crippen LogP contribution in [0.25, 0.3) is 0 Å². The topological polar surface area (TPSA) is 113 Å². The van der Waals surface area contributed by atoms with Crippen LogP contribution in [0.4, 0.5) is 11.5 Å². The zero-order chi connectivity index (χ0) is 14.8. The number of anilines is 2. The standard InChI is InChI=1S/C12H22N4O3/c1-5-6-16-9(13)8(10(18)14-11(16)19)15-12(3,4)7(2)17/h7,15,17H,5-6,13H2,1-4H3,(H,14,18,19). The first-order valence-electron chi connectivity index (χ1n) is 6.29. The molecule has 0 bridgehead atoms. The Morgan fingerprint density at radius 1 is 1.47 bits per heavy atom. The van der Waals surface area contributed by atoms with Gasteiger partial charge in [-0.25, -0.2) is 4.79 Å². The third-order valence-corrected chi connectivity index (χ3v) is 3.18. The summed E-state index contributed by atoms with van der Waals surface area (Å²) in [6, 6.07) is 0. The number of aliphatic hydroxyl groups is 1. The molecule has 0 spiro atoms. The molecule has 1 unspecified atom stereocenters. The molecule has 5 N–H and O–H groups in total. The number of nitrogen functional groups attached to an aromatic ring is 1. The lowest BCUT2D eigenvalue weighted by Gasteiger charge is -2.30.